The molecule has 0 aliphatic rings. The number of aryl methyl sites for hydroxylation is 1. The SMILES string of the molecule is CCn1c(SCC(=O)N[C@H](C)c2ccccc2Cl)nc2ccccc21. The van der Waals surface area contributed by atoms with Gasteiger partial charge in [0.2, 0.25) is 5.91 Å². The number of rotatable bonds is 6. The summed E-state index contributed by atoms with van der Waals surface area (Å²) in [4.78, 5) is 16.9. The maximum absolute atomic E-state index is 12.3. The topological polar surface area (TPSA) is 46.9 Å². The van der Waals surface area contributed by atoms with Gasteiger partial charge >= 0.3 is 0 Å². The summed E-state index contributed by atoms with van der Waals surface area (Å²) < 4.78 is 2.13. The summed E-state index contributed by atoms with van der Waals surface area (Å²) in [7, 11) is 0. The lowest BCUT2D eigenvalue weighted by molar-refractivity contribution is -0.119. The molecular formula is C19H20ClN3OS. The van der Waals surface area contributed by atoms with Crippen molar-refractivity contribution in [3.05, 3.63) is 59.1 Å². The average molecular weight is 374 g/mol. The molecule has 1 aromatic heterocycles. The van der Waals surface area contributed by atoms with Crippen LogP contribution >= 0.6 is 23.4 Å². The third-order valence-electron chi connectivity index (χ3n) is 4.02. The average Bonchev–Trinajstić information content (AvgIpc) is 2.97. The lowest BCUT2D eigenvalue weighted by Crippen LogP contribution is -2.28. The summed E-state index contributed by atoms with van der Waals surface area (Å²) in [6.45, 7) is 4.84. The third kappa shape index (κ3) is 3.99. The summed E-state index contributed by atoms with van der Waals surface area (Å²) >= 11 is 7.64. The second-order valence-electron chi connectivity index (χ2n) is 5.73. The van der Waals surface area contributed by atoms with E-state index in [0.29, 0.717) is 10.8 Å². The highest BCUT2D eigenvalue weighted by molar-refractivity contribution is 7.99. The summed E-state index contributed by atoms with van der Waals surface area (Å²) in [5.74, 6) is 0.283. The van der Waals surface area contributed by atoms with Crippen molar-refractivity contribution in [3.63, 3.8) is 0 Å². The van der Waals surface area contributed by atoms with Crippen LogP contribution in [0.5, 0.6) is 0 Å². The minimum absolute atomic E-state index is 0.0351. The number of imidazole rings is 1. The van der Waals surface area contributed by atoms with Crippen LogP contribution in [0.2, 0.25) is 5.02 Å². The molecule has 1 amide bonds. The van der Waals surface area contributed by atoms with Crippen LogP contribution in [0.4, 0.5) is 0 Å². The molecule has 0 fully saturated rings. The third-order valence-corrected chi connectivity index (χ3v) is 5.34. The van der Waals surface area contributed by atoms with Crippen molar-refractivity contribution >= 4 is 40.3 Å². The Morgan fingerprint density at radius 2 is 1.96 bits per heavy atom. The van der Waals surface area contributed by atoms with Crippen LogP contribution in [0.25, 0.3) is 11.0 Å². The maximum atomic E-state index is 12.3. The van der Waals surface area contributed by atoms with Gasteiger partial charge in [-0.25, -0.2) is 4.98 Å². The number of carbonyl (C=O) groups is 1. The van der Waals surface area contributed by atoms with Gasteiger partial charge in [-0.05, 0) is 37.6 Å². The molecule has 2 aromatic carbocycles. The second-order valence-corrected chi connectivity index (χ2v) is 7.08. The zero-order valence-electron chi connectivity index (χ0n) is 14.2. The van der Waals surface area contributed by atoms with Crippen LogP contribution in [0.15, 0.2) is 53.7 Å². The van der Waals surface area contributed by atoms with Gasteiger partial charge in [0.05, 0.1) is 22.8 Å². The predicted molar refractivity (Wildman–Crippen MR) is 104 cm³/mol. The van der Waals surface area contributed by atoms with Crippen molar-refractivity contribution in [2.45, 2.75) is 31.6 Å². The number of hydrogen-bond acceptors (Lipinski definition) is 3. The molecule has 4 nitrogen and oxygen atoms in total. The Balaban J connectivity index is 1.66. The first-order valence-corrected chi connectivity index (χ1v) is 9.58. The lowest BCUT2D eigenvalue weighted by Gasteiger charge is -2.15. The maximum Gasteiger partial charge on any atom is 0.230 e. The summed E-state index contributed by atoms with van der Waals surface area (Å²) in [6, 6.07) is 15.4. The summed E-state index contributed by atoms with van der Waals surface area (Å²) in [5.41, 5.74) is 2.97. The van der Waals surface area contributed by atoms with Crippen LogP contribution in [0.1, 0.15) is 25.5 Å². The summed E-state index contributed by atoms with van der Waals surface area (Å²) in [6.07, 6.45) is 0. The second kappa shape index (κ2) is 7.93. The van der Waals surface area contributed by atoms with E-state index in [-0.39, 0.29) is 11.9 Å². The molecule has 0 saturated heterocycles. The summed E-state index contributed by atoms with van der Waals surface area (Å²) in [5, 5.41) is 4.52. The van der Waals surface area contributed by atoms with Gasteiger partial charge in [0.1, 0.15) is 0 Å². The van der Waals surface area contributed by atoms with Gasteiger partial charge in [-0.3, -0.25) is 4.79 Å². The molecule has 0 radical (unpaired) electrons. The molecule has 130 valence electrons. The first kappa shape index (κ1) is 17.8. The molecule has 0 bridgehead atoms. The molecule has 1 N–H and O–H groups in total. The standard InChI is InChI=1S/C19H20ClN3OS/c1-3-23-17-11-7-6-10-16(17)22-19(23)25-12-18(24)21-13(2)14-8-4-5-9-15(14)20/h4-11,13H,3,12H2,1-2H3,(H,21,24)/t13-/m1/s1. The normalized spacial score (nSPS) is 12.3. The van der Waals surface area contributed by atoms with Gasteiger partial charge in [0, 0.05) is 11.6 Å². The van der Waals surface area contributed by atoms with Crippen LogP contribution in [-0.4, -0.2) is 21.2 Å². The van der Waals surface area contributed by atoms with E-state index in [2.05, 4.69) is 27.9 Å². The van der Waals surface area contributed by atoms with E-state index in [1.54, 1.807) is 0 Å². The first-order valence-electron chi connectivity index (χ1n) is 8.22. The number of nitrogens with zero attached hydrogens (tertiary/aromatic N) is 2. The van der Waals surface area contributed by atoms with Gasteiger partial charge in [0.15, 0.2) is 5.16 Å². The quantitative estimate of drug-likeness (QED) is 0.638. The minimum Gasteiger partial charge on any atom is -0.349 e. The number of fused-ring (bicyclic) bond motifs is 1. The number of benzene rings is 2. The first-order chi connectivity index (χ1) is 12.1. The zero-order valence-corrected chi connectivity index (χ0v) is 15.8. The zero-order chi connectivity index (χ0) is 17.8. The van der Waals surface area contributed by atoms with Crippen molar-refractivity contribution in [1.82, 2.24) is 14.9 Å². The lowest BCUT2D eigenvalue weighted by atomic mass is 10.1. The fourth-order valence-corrected chi connectivity index (χ4v) is 3.98. The molecular weight excluding hydrogens is 354 g/mol. The molecule has 0 aliphatic carbocycles. The number of para-hydroxylation sites is 2. The highest BCUT2D eigenvalue weighted by Gasteiger charge is 2.15. The van der Waals surface area contributed by atoms with Gasteiger partial charge < -0.3 is 9.88 Å². The van der Waals surface area contributed by atoms with Crippen molar-refractivity contribution in [2.24, 2.45) is 0 Å². The predicted octanol–water partition coefficient (Wildman–Crippen LogP) is 4.68. The Hall–Kier alpha value is -1.98. The van der Waals surface area contributed by atoms with E-state index in [9.17, 15) is 4.79 Å². The van der Waals surface area contributed by atoms with E-state index >= 15 is 0 Å². The van der Waals surface area contributed by atoms with Crippen molar-refractivity contribution in [2.75, 3.05) is 5.75 Å². The van der Waals surface area contributed by atoms with E-state index in [4.69, 9.17) is 11.6 Å². The Kier molecular flexibility index (Phi) is 5.66. The highest BCUT2D eigenvalue weighted by atomic mass is 35.5. The van der Waals surface area contributed by atoms with Gasteiger partial charge in [0.25, 0.3) is 0 Å². The molecule has 0 aliphatic heterocycles. The van der Waals surface area contributed by atoms with Crippen LogP contribution in [0.3, 0.4) is 0 Å². The highest BCUT2D eigenvalue weighted by Crippen LogP contribution is 2.25. The molecule has 6 heteroatoms. The molecule has 0 unspecified atom stereocenters. The fourth-order valence-electron chi connectivity index (χ4n) is 2.79. The molecule has 0 spiro atoms. The van der Waals surface area contributed by atoms with Crippen LogP contribution in [-0.2, 0) is 11.3 Å². The Morgan fingerprint density at radius 1 is 1.24 bits per heavy atom. The number of halogens is 1. The van der Waals surface area contributed by atoms with Crippen molar-refractivity contribution in [3.8, 4) is 0 Å². The number of amides is 1. The van der Waals surface area contributed by atoms with E-state index in [0.717, 1.165) is 28.3 Å². The van der Waals surface area contributed by atoms with Crippen molar-refractivity contribution < 1.29 is 4.79 Å². The van der Waals surface area contributed by atoms with E-state index < -0.39 is 0 Å². The van der Waals surface area contributed by atoms with Gasteiger partial charge in [-0.15, -0.1) is 0 Å². The number of thioether (sulfide) groups is 1. The van der Waals surface area contributed by atoms with Crippen LogP contribution in [0, 0.1) is 0 Å². The molecule has 1 heterocycles. The fraction of sp³-hybridized carbons (Fsp3) is 0.263. The van der Waals surface area contributed by atoms with Gasteiger partial charge in [-0.2, -0.15) is 0 Å². The van der Waals surface area contributed by atoms with Crippen LogP contribution < -0.4 is 5.32 Å². The molecule has 3 aromatic rings. The number of aromatic nitrogens is 2. The largest absolute Gasteiger partial charge is 0.349 e. The number of carbonyl (C=O) groups excluding carboxylic acids is 1. The Morgan fingerprint density at radius 3 is 2.72 bits per heavy atom. The molecule has 0 saturated carbocycles. The Labute approximate surface area is 156 Å². The van der Waals surface area contributed by atoms with E-state index in [1.165, 1.54) is 11.8 Å². The Bertz CT molecular complexity index is 893. The van der Waals surface area contributed by atoms with E-state index in [1.807, 2.05) is 49.4 Å². The van der Waals surface area contributed by atoms with Gasteiger partial charge in [-0.1, -0.05) is 53.7 Å². The molecule has 25 heavy (non-hydrogen) atoms. The smallest absolute Gasteiger partial charge is 0.230 e. The number of hydrogen-bond donors (Lipinski definition) is 1. The monoisotopic (exact) mass is 373 g/mol. The molecule has 3 rings (SSSR count). The number of nitrogens with one attached hydrogen (secondary N) is 1. The minimum atomic E-state index is -0.133. The van der Waals surface area contributed by atoms with Crippen molar-refractivity contribution in [1.29, 1.82) is 0 Å². The molecule has 1 atom stereocenters.